The summed E-state index contributed by atoms with van der Waals surface area (Å²) in [5, 5.41) is 1.94. The molecule has 0 bridgehead atoms. The minimum absolute atomic E-state index is 0.574. The maximum absolute atomic E-state index is 10.9. The van der Waals surface area contributed by atoms with Gasteiger partial charge in [0, 0.05) is 10.9 Å². The van der Waals surface area contributed by atoms with Gasteiger partial charge >= 0.3 is 0 Å². The number of carbonyl (C=O) groups excluding carboxylic acids is 1. The third-order valence-electron chi connectivity index (χ3n) is 2.66. The number of ether oxygens (including phenoxy) is 2. The molecule has 0 aliphatic heterocycles. The molecule has 0 aliphatic rings. The van der Waals surface area contributed by atoms with Gasteiger partial charge in [0.05, 0.1) is 13.2 Å². The van der Waals surface area contributed by atoms with Crippen LogP contribution in [0.25, 0.3) is 10.8 Å². The predicted molar refractivity (Wildman–Crippen MR) is 71.7 cm³/mol. The van der Waals surface area contributed by atoms with E-state index in [-0.39, 0.29) is 0 Å². The number of rotatable bonds is 5. The van der Waals surface area contributed by atoms with Crippen molar-refractivity contribution in [3.63, 3.8) is 0 Å². The van der Waals surface area contributed by atoms with Crippen molar-refractivity contribution < 1.29 is 14.3 Å². The highest BCUT2D eigenvalue weighted by molar-refractivity contribution is 5.94. The van der Waals surface area contributed by atoms with Crippen molar-refractivity contribution in [1.82, 2.24) is 0 Å². The zero-order chi connectivity index (χ0) is 13.0. The maximum atomic E-state index is 10.9. The van der Waals surface area contributed by atoms with Crippen LogP contribution >= 0.6 is 0 Å². The van der Waals surface area contributed by atoms with E-state index < -0.39 is 0 Å². The number of hydrogen-bond acceptors (Lipinski definition) is 3. The Morgan fingerprint density at radius 3 is 2.50 bits per heavy atom. The minimum Gasteiger partial charge on any atom is -0.494 e. The molecule has 18 heavy (non-hydrogen) atoms. The maximum Gasteiger partial charge on any atom is 0.150 e. The second-order valence-corrected chi connectivity index (χ2v) is 3.89. The Kier molecular flexibility index (Phi) is 3.82. The zero-order valence-corrected chi connectivity index (χ0v) is 10.6. The molecule has 0 fully saturated rings. The molecule has 2 aromatic carbocycles. The lowest BCUT2D eigenvalue weighted by Crippen LogP contribution is -1.95. The van der Waals surface area contributed by atoms with E-state index in [9.17, 15) is 4.79 Å². The molecule has 0 N–H and O–H groups in total. The molecule has 3 heteroatoms. The average Bonchev–Trinajstić information content (AvgIpc) is 2.39. The summed E-state index contributed by atoms with van der Waals surface area (Å²) in [6.45, 7) is 5.06. The molecule has 0 heterocycles. The molecular formula is C15H16O3. The van der Waals surface area contributed by atoms with Gasteiger partial charge in [-0.3, -0.25) is 4.79 Å². The van der Waals surface area contributed by atoms with Crippen LogP contribution in [-0.4, -0.2) is 19.5 Å². The van der Waals surface area contributed by atoms with E-state index in [1.807, 2.05) is 38.1 Å². The van der Waals surface area contributed by atoms with Crippen LogP contribution in [-0.2, 0) is 0 Å². The molecule has 0 saturated carbocycles. The van der Waals surface area contributed by atoms with Crippen LogP contribution < -0.4 is 9.47 Å². The van der Waals surface area contributed by atoms with Gasteiger partial charge in [0.15, 0.2) is 0 Å². The summed E-state index contributed by atoms with van der Waals surface area (Å²) >= 11 is 0. The van der Waals surface area contributed by atoms with Crippen molar-refractivity contribution in [2.75, 3.05) is 13.2 Å². The molecule has 0 atom stereocenters. The predicted octanol–water partition coefficient (Wildman–Crippen LogP) is 3.45. The van der Waals surface area contributed by atoms with E-state index in [4.69, 9.17) is 9.47 Å². The Hall–Kier alpha value is -2.03. The van der Waals surface area contributed by atoms with Crippen LogP contribution in [0, 0.1) is 0 Å². The zero-order valence-electron chi connectivity index (χ0n) is 10.6. The Bertz CT molecular complexity index is 561. The van der Waals surface area contributed by atoms with Crippen molar-refractivity contribution in [2.24, 2.45) is 0 Å². The molecular weight excluding hydrogens is 228 g/mol. The van der Waals surface area contributed by atoms with Crippen molar-refractivity contribution in [3.8, 4) is 11.5 Å². The summed E-state index contributed by atoms with van der Waals surface area (Å²) < 4.78 is 11.0. The van der Waals surface area contributed by atoms with Gasteiger partial charge in [0.1, 0.15) is 17.8 Å². The van der Waals surface area contributed by atoms with Crippen molar-refractivity contribution in [1.29, 1.82) is 0 Å². The van der Waals surface area contributed by atoms with Crippen LogP contribution in [0.5, 0.6) is 11.5 Å². The van der Waals surface area contributed by atoms with E-state index >= 15 is 0 Å². The molecule has 2 aromatic rings. The molecule has 2 rings (SSSR count). The Balaban J connectivity index is 2.58. The SMILES string of the molecule is CCOc1ccc2c(OCC)cc(C=O)cc2c1. The second kappa shape index (κ2) is 5.54. The average molecular weight is 244 g/mol. The standard InChI is InChI=1S/C15H16O3/c1-3-17-13-5-6-14-12(9-13)7-11(10-16)8-15(14)18-4-2/h5-10H,3-4H2,1-2H3. The van der Waals surface area contributed by atoms with Gasteiger partial charge in [-0.05, 0) is 49.6 Å². The summed E-state index contributed by atoms with van der Waals surface area (Å²) in [5.74, 6) is 1.54. The summed E-state index contributed by atoms with van der Waals surface area (Å²) in [7, 11) is 0. The Labute approximate surface area is 106 Å². The van der Waals surface area contributed by atoms with E-state index in [0.29, 0.717) is 18.8 Å². The van der Waals surface area contributed by atoms with Gasteiger partial charge in [-0.25, -0.2) is 0 Å². The van der Waals surface area contributed by atoms with Gasteiger partial charge in [-0.2, -0.15) is 0 Å². The molecule has 0 amide bonds. The highest BCUT2D eigenvalue weighted by atomic mass is 16.5. The summed E-state index contributed by atoms with van der Waals surface area (Å²) in [6, 6.07) is 9.40. The van der Waals surface area contributed by atoms with Crippen LogP contribution in [0.3, 0.4) is 0 Å². The Morgan fingerprint density at radius 2 is 1.83 bits per heavy atom. The van der Waals surface area contributed by atoms with Crippen LogP contribution in [0.15, 0.2) is 30.3 Å². The normalized spacial score (nSPS) is 10.3. The van der Waals surface area contributed by atoms with Crippen molar-refractivity contribution in [2.45, 2.75) is 13.8 Å². The molecule has 0 spiro atoms. The highest BCUT2D eigenvalue weighted by Crippen LogP contribution is 2.30. The first kappa shape index (κ1) is 12.4. The lowest BCUT2D eigenvalue weighted by Gasteiger charge is -2.10. The van der Waals surface area contributed by atoms with E-state index in [1.54, 1.807) is 6.07 Å². The van der Waals surface area contributed by atoms with Gasteiger partial charge in [-0.1, -0.05) is 0 Å². The van der Waals surface area contributed by atoms with Crippen molar-refractivity contribution in [3.05, 3.63) is 35.9 Å². The molecule has 0 aromatic heterocycles. The van der Waals surface area contributed by atoms with Gasteiger partial charge < -0.3 is 9.47 Å². The summed E-state index contributed by atoms with van der Waals surface area (Å²) in [5.41, 5.74) is 0.611. The summed E-state index contributed by atoms with van der Waals surface area (Å²) in [6.07, 6.45) is 0.829. The molecule has 3 nitrogen and oxygen atoms in total. The lowest BCUT2D eigenvalue weighted by atomic mass is 10.1. The number of fused-ring (bicyclic) bond motifs is 1. The van der Waals surface area contributed by atoms with Crippen molar-refractivity contribution >= 4 is 17.1 Å². The number of carbonyl (C=O) groups is 1. The Morgan fingerprint density at radius 1 is 1.06 bits per heavy atom. The number of hydrogen-bond donors (Lipinski definition) is 0. The lowest BCUT2D eigenvalue weighted by molar-refractivity contribution is 0.112. The highest BCUT2D eigenvalue weighted by Gasteiger charge is 2.06. The van der Waals surface area contributed by atoms with Gasteiger partial charge in [-0.15, -0.1) is 0 Å². The van der Waals surface area contributed by atoms with E-state index in [1.165, 1.54) is 0 Å². The topological polar surface area (TPSA) is 35.5 Å². The monoisotopic (exact) mass is 244 g/mol. The quantitative estimate of drug-likeness (QED) is 0.756. The van der Waals surface area contributed by atoms with E-state index in [0.717, 1.165) is 28.6 Å². The summed E-state index contributed by atoms with van der Waals surface area (Å²) in [4.78, 5) is 10.9. The van der Waals surface area contributed by atoms with Crippen LogP contribution in [0.1, 0.15) is 24.2 Å². The molecule has 0 unspecified atom stereocenters. The molecule has 0 radical (unpaired) electrons. The second-order valence-electron chi connectivity index (χ2n) is 3.89. The fourth-order valence-electron chi connectivity index (χ4n) is 1.93. The molecule has 0 saturated heterocycles. The number of benzene rings is 2. The fraction of sp³-hybridized carbons (Fsp3) is 0.267. The van der Waals surface area contributed by atoms with Gasteiger partial charge in [0.2, 0.25) is 0 Å². The first-order valence-corrected chi connectivity index (χ1v) is 6.07. The fourth-order valence-corrected chi connectivity index (χ4v) is 1.93. The number of aldehydes is 1. The molecule has 0 aliphatic carbocycles. The first-order valence-electron chi connectivity index (χ1n) is 6.07. The first-order chi connectivity index (χ1) is 8.78. The third-order valence-corrected chi connectivity index (χ3v) is 2.66. The molecule has 94 valence electrons. The third kappa shape index (κ3) is 2.45. The van der Waals surface area contributed by atoms with Gasteiger partial charge in [0.25, 0.3) is 0 Å². The van der Waals surface area contributed by atoms with E-state index in [2.05, 4.69) is 0 Å². The smallest absolute Gasteiger partial charge is 0.150 e. The van der Waals surface area contributed by atoms with Crippen LogP contribution in [0.4, 0.5) is 0 Å². The largest absolute Gasteiger partial charge is 0.494 e. The minimum atomic E-state index is 0.574. The van der Waals surface area contributed by atoms with Crippen LogP contribution in [0.2, 0.25) is 0 Å².